The van der Waals surface area contributed by atoms with Gasteiger partial charge in [0.1, 0.15) is 18.1 Å². The number of esters is 1. The molecule has 29 heavy (non-hydrogen) atoms. The van der Waals surface area contributed by atoms with E-state index in [1.54, 1.807) is 13.8 Å². The molecule has 160 valence electrons. The van der Waals surface area contributed by atoms with E-state index in [9.17, 15) is 26.4 Å². The van der Waals surface area contributed by atoms with Crippen LogP contribution in [0.5, 0.6) is 5.75 Å². The third kappa shape index (κ3) is 7.25. The maximum Gasteiger partial charge on any atom is 0.419 e. The minimum absolute atomic E-state index is 0.232. The molecular weight excluding hydrogens is 413 g/mol. The second-order valence-corrected chi connectivity index (χ2v) is 8.43. The first-order chi connectivity index (χ1) is 13.3. The SMILES string of the molecule is CCC(C)(C#CC1CC1)Oc1cc(C(=O)OCCS(=O)(=O)O)ccc1C(F)(F)F. The van der Waals surface area contributed by atoms with Gasteiger partial charge in [0, 0.05) is 5.92 Å². The molecule has 1 aliphatic rings. The van der Waals surface area contributed by atoms with E-state index in [1.165, 1.54) is 0 Å². The lowest BCUT2D eigenvalue weighted by atomic mass is 10.0. The Labute approximate surface area is 167 Å². The molecule has 0 heterocycles. The van der Waals surface area contributed by atoms with Crippen molar-refractivity contribution in [3.05, 3.63) is 29.3 Å². The monoisotopic (exact) mass is 434 g/mol. The fourth-order valence-electron chi connectivity index (χ4n) is 2.20. The molecule has 6 nitrogen and oxygen atoms in total. The average molecular weight is 434 g/mol. The molecule has 1 fully saturated rings. The Morgan fingerprint density at radius 1 is 1.31 bits per heavy atom. The topological polar surface area (TPSA) is 89.9 Å². The first-order valence-electron chi connectivity index (χ1n) is 8.88. The molecule has 1 aromatic rings. The Kier molecular flexibility index (Phi) is 6.86. The van der Waals surface area contributed by atoms with Gasteiger partial charge in [-0.05, 0) is 44.4 Å². The van der Waals surface area contributed by atoms with Gasteiger partial charge in [-0.15, -0.1) is 0 Å². The van der Waals surface area contributed by atoms with Crippen molar-refractivity contribution in [1.29, 1.82) is 0 Å². The van der Waals surface area contributed by atoms with Crippen LogP contribution in [0.3, 0.4) is 0 Å². The van der Waals surface area contributed by atoms with Crippen LogP contribution in [0.1, 0.15) is 49.0 Å². The minimum atomic E-state index is -4.72. The number of carbonyl (C=O) groups is 1. The summed E-state index contributed by atoms with van der Waals surface area (Å²) in [6, 6.07) is 2.50. The second-order valence-electron chi connectivity index (χ2n) is 6.86. The first kappa shape index (κ1) is 23.0. The summed E-state index contributed by atoms with van der Waals surface area (Å²) < 4.78 is 80.4. The summed E-state index contributed by atoms with van der Waals surface area (Å²) in [4.78, 5) is 12.0. The van der Waals surface area contributed by atoms with Crippen molar-refractivity contribution in [2.24, 2.45) is 5.92 Å². The number of alkyl halides is 3. The van der Waals surface area contributed by atoms with Crippen molar-refractivity contribution < 1.29 is 40.4 Å². The van der Waals surface area contributed by atoms with Gasteiger partial charge in [-0.1, -0.05) is 18.8 Å². The summed E-state index contributed by atoms with van der Waals surface area (Å²) in [7, 11) is -4.34. The van der Waals surface area contributed by atoms with Crippen LogP contribution in [-0.4, -0.2) is 36.9 Å². The van der Waals surface area contributed by atoms with Crippen LogP contribution in [0.2, 0.25) is 0 Å². The quantitative estimate of drug-likeness (QED) is 0.400. The minimum Gasteiger partial charge on any atom is -0.474 e. The predicted octanol–water partition coefficient (Wildman–Crippen LogP) is 3.71. The summed E-state index contributed by atoms with van der Waals surface area (Å²) in [6.45, 7) is 2.65. The van der Waals surface area contributed by atoms with E-state index in [0.717, 1.165) is 25.0 Å². The molecule has 2 rings (SSSR count). The van der Waals surface area contributed by atoms with Crippen LogP contribution >= 0.6 is 0 Å². The van der Waals surface area contributed by atoms with Crippen molar-refractivity contribution in [3.63, 3.8) is 0 Å². The van der Waals surface area contributed by atoms with Gasteiger partial charge in [0.25, 0.3) is 10.1 Å². The van der Waals surface area contributed by atoms with Gasteiger partial charge in [-0.3, -0.25) is 4.55 Å². The maximum atomic E-state index is 13.4. The van der Waals surface area contributed by atoms with Gasteiger partial charge in [-0.25, -0.2) is 4.79 Å². The molecule has 0 amide bonds. The zero-order chi connectivity index (χ0) is 21.9. The largest absolute Gasteiger partial charge is 0.474 e. The summed E-state index contributed by atoms with van der Waals surface area (Å²) in [6.07, 6.45) is -2.51. The van der Waals surface area contributed by atoms with Crippen LogP contribution in [-0.2, 0) is 21.0 Å². The molecule has 0 radical (unpaired) electrons. The van der Waals surface area contributed by atoms with Crippen LogP contribution < -0.4 is 4.74 Å². The normalized spacial score (nSPS) is 16.3. The molecule has 1 aliphatic carbocycles. The third-order valence-electron chi connectivity index (χ3n) is 4.23. The number of hydrogen-bond donors (Lipinski definition) is 1. The zero-order valence-electron chi connectivity index (χ0n) is 15.9. The Hall–Kier alpha value is -2.25. The van der Waals surface area contributed by atoms with Crippen molar-refractivity contribution in [3.8, 4) is 17.6 Å². The van der Waals surface area contributed by atoms with E-state index in [1.807, 2.05) is 0 Å². The third-order valence-corrected chi connectivity index (χ3v) is 4.91. The Balaban J connectivity index is 2.29. The van der Waals surface area contributed by atoms with E-state index in [4.69, 9.17) is 9.29 Å². The Morgan fingerprint density at radius 2 is 1.97 bits per heavy atom. The molecule has 10 heteroatoms. The average Bonchev–Trinajstić information content (AvgIpc) is 3.42. The highest BCUT2D eigenvalue weighted by Gasteiger charge is 2.37. The lowest BCUT2D eigenvalue weighted by Gasteiger charge is -2.26. The number of carbonyl (C=O) groups excluding carboxylic acids is 1. The van der Waals surface area contributed by atoms with Crippen LogP contribution in [0, 0.1) is 17.8 Å². The maximum absolute atomic E-state index is 13.4. The number of halogens is 3. The fourth-order valence-corrected chi connectivity index (χ4v) is 2.50. The lowest BCUT2D eigenvalue weighted by Crippen LogP contribution is -2.31. The molecule has 1 aromatic carbocycles. The standard InChI is InChI=1S/C19H21F3O6S/c1-3-18(2,9-8-13-4-5-13)28-16-12-14(6-7-15(16)19(20,21)22)17(23)27-10-11-29(24,25)26/h6-7,12-13H,3-5,10-11H2,1-2H3,(H,24,25,26). The van der Waals surface area contributed by atoms with Gasteiger partial charge in [-0.2, -0.15) is 21.6 Å². The van der Waals surface area contributed by atoms with Crippen molar-refractivity contribution in [1.82, 2.24) is 0 Å². The molecule has 1 N–H and O–H groups in total. The number of benzene rings is 1. The first-order valence-corrected chi connectivity index (χ1v) is 10.5. The van der Waals surface area contributed by atoms with Crippen molar-refractivity contribution in [2.75, 3.05) is 12.4 Å². The molecular formula is C19H21F3O6S. The summed E-state index contributed by atoms with van der Waals surface area (Å²) >= 11 is 0. The smallest absolute Gasteiger partial charge is 0.419 e. The highest BCUT2D eigenvalue weighted by molar-refractivity contribution is 7.85. The van der Waals surface area contributed by atoms with Crippen LogP contribution in [0.4, 0.5) is 13.2 Å². The molecule has 1 unspecified atom stereocenters. The predicted molar refractivity (Wildman–Crippen MR) is 98.0 cm³/mol. The molecule has 1 atom stereocenters. The van der Waals surface area contributed by atoms with Crippen molar-refractivity contribution >= 4 is 16.1 Å². The van der Waals surface area contributed by atoms with Crippen LogP contribution in [0.15, 0.2) is 18.2 Å². The van der Waals surface area contributed by atoms with E-state index in [-0.39, 0.29) is 11.5 Å². The highest BCUT2D eigenvalue weighted by atomic mass is 32.2. The zero-order valence-corrected chi connectivity index (χ0v) is 16.7. The van der Waals surface area contributed by atoms with Crippen molar-refractivity contribution in [2.45, 2.75) is 44.9 Å². The van der Waals surface area contributed by atoms with Gasteiger partial charge in [0.15, 0.2) is 5.60 Å². The summed E-state index contributed by atoms with van der Waals surface area (Å²) in [5, 5.41) is 0. The summed E-state index contributed by atoms with van der Waals surface area (Å²) in [5.74, 6) is 3.65. The Morgan fingerprint density at radius 3 is 2.48 bits per heavy atom. The number of hydrogen-bond acceptors (Lipinski definition) is 5. The summed E-state index contributed by atoms with van der Waals surface area (Å²) in [5.41, 5.74) is -2.51. The molecule has 1 saturated carbocycles. The van der Waals surface area contributed by atoms with Gasteiger partial charge >= 0.3 is 12.1 Å². The van der Waals surface area contributed by atoms with Gasteiger partial charge in [0.05, 0.1) is 11.1 Å². The molecule has 0 aromatic heterocycles. The Bertz CT molecular complexity index is 925. The second kappa shape index (κ2) is 8.63. The van der Waals surface area contributed by atoms with E-state index in [2.05, 4.69) is 16.6 Å². The van der Waals surface area contributed by atoms with Gasteiger partial charge < -0.3 is 9.47 Å². The van der Waals surface area contributed by atoms with E-state index in [0.29, 0.717) is 12.5 Å². The van der Waals surface area contributed by atoms with E-state index >= 15 is 0 Å². The number of ether oxygens (including phenoxy) is 2. The molecule has 0 spiro atoms. The lowest BCUT2D eigenvalue weighted by molar-refractivity contribution is -0.139. The molecule has 0 aliphatic heterocycles. The molecule has 0 bridgehead atoms. The van der Waals surface area contributed by atoms with Crippen LogP contribution in [0.25, 0.3) is 0 Å². The fraction of sp³-hybridized carbons (Fsp3) is 0.526. The number of rotatable bonds is 7. The molecule has 0 saturated heterocycles. The highest BCUT2D eigenvalue weighted by Crippen LogP contribution is 2.39. The van der Waals surface area contributed by atoms with Gasteiger partial charge in [0.2, 0.25) is 0 Å². The van der Waals surface area contributed by atoms with E-state index < -0.39 is 51.5 Å².